The molecule has 1 atom stereocenters. The van der Waals surface area contributed by atoms with E-state index in [2.05, 4.69) is 20.5 Å². The SMILES string of the molecule is CCOCCCNC(=NC)NCC(c1ccco1)N(C)C.I. The molecule has 128 valence electrons. The number of hydrogen-bond acceptors (Lipinski definition) is 4. The Hall–Kier alpha value is -0.800. The van der Waals surface area contributed by atoms with E-state index in [1.54, 1.807) is 13.3 Å². The van der Waals surface area contributed by atoms with Gasteiger partial charge >= 0.3 is 0 Å². The van der Waals surface area contributed by atoms with E-state index < -0.39 is 0 Å². The summed E-state index contributed by atoms with van der Waals surface area (Å²) < 4.78 is 10.8. The molecule has 0 spiro atoms. The molecule has 22 heavy (non-hydrogen) atoms. The van der Waals surface area contributed by atoms with Crippen LogP contribution >= 0.6 is 24.0 Å². The van der Waals surface area contributed by atoms with Crippen LogP contribution in [-0.4, -0.2) is 58.3 Å². The van der Waals surface area contributed by atoms with Gasteiger partial charge in [-0.2, -0.15) is 0 Å². The molecule has 1 aromatic heterocycles. The normalized spacial score (nSPS) is 12.9. The number of likely N-dealkylation sites (N-methyl/N-ethyl adjacent to an activating group) is 1. The van der Waals surface area contributed by atoms with Gasteiger partial charge in [-0.15, -0.1) is 24.0 Å². The van der Waals surface area contributed by atoms with Crippen molar-refractivity contribution in [1.82, 2.24) is 15.5 Å². The molecule has 0 amide bonds. The van der Waals surface area contributed by atoms with Crippen LogP contribution in [0.3, 0.4) is 0 Å². The molecule has 0 aliphatic heterocycles. The number of guanidine groups is 1. The van der Waals surface area contributed by atoms with Gasteiger partial charge in [-0.25, -0.2) is 0 Å². The highest BCUT2D eigenvalue weighted by atomic mass is 127. The average Bonchev–Trinajstić information content (AvgIpc) is 2.98. The van der Waals surface area contributed by atoms with Gasteiger partial charge in [0, 0.05) is 33.4 Å². The van der Waals surface area contributed by atoms with Gasteiger partial charge in [0.1, 0.15) is 5.76 Å². The smallest absolute Gasteiger partial charge is 0.191 e. The van der Waals surface area contributed by atoms with E-state index in [0.29, 0.717) is 0 Å². The first-order chi connectivity index (χ1) is 10.2. The zero-order valence-electron chi connectivity index (χ0n) is 14.0. The standard InChI is InChI=1S/C15H28N4O2.HI/c1-5-20-10-7-9-17-15(16-2)18-12-13(19(3)4)14-8-6-11-21-14;/h6,8,11,13H,5,7,9-10,12H2,1-4H3,(H2,16,17,18);1H. The van der Waals surface area contributed by atoms with Crippen molar-refractivity contribution in [3.8, 4) is 0 Å². The molecular weight excluding hydrogens is 395 g/mol. The Kier molecular flexibility index (Phi) is 12.3. The number of rotatable bonds is 9. The zero-order valence-corrected chi connectivity index (χ0v) is 16.3. The van der Waals surface area contributed by atoms with Crippen LogP contribution in [0.25, 0.3) is 0 Å². The lowest BCUT2D eigenvalue weighted by molar-refractivity contribution is 0.145. The summed E-state index contributed by atoms with van der Waals surface area (Å²) in [5, 5.41) is 6.60. The van der Waals surface area contributed by atoms with Gasteiger partial charge in [0.15, 0.2) is 5.96 Å². The number of nitrogens with zero attached hydrogens (tertiary/aromatic N) is 2. The van der Waals surface area contributed by atoms with E-state index in [9.17, 15) is 0 Å². The highest BCUT2D eigenvalue weighted by molar-refractivity contribution is 14.0. The molecule has 0 fully saturated rings. The summed E-state index contributed by atoms with van der Waals surface area (Å²) in [4.78, 5) is 6.34. The fourth-order valence-electron chi connectivity index (χ4n) is 1.96. The molecule has 2 N–H and O–H groups in total. The minimum Gasteiger partial charge on any atom is -0.468 e. The molecule has 0 bridgehead atoms. The first-order valence-electron chi connectivity index (χ1n) is 7.41. The van der Waals surface area contributed by atoms with E-state index in [-0.39, 0.29) is 30.0 Å². The summed E-state index contributed by atoms with van der Waals surface area (Å²) in [6.45, 7) is 5.11. The van der Waals surface area contributed by atoms with Crippen molar-refractivity contribution in [3.63, 3.8) is 0 Å². The van der Waals surface area contributed by atoms with Crippen LogP contribution in [0.1, 0.15) is 25.1 Å². The van der Waals surface area contributed by atoms with E-state index >= 15 is 0 Å². The van der Waals surface area contributed by atoms with E-state index in [1.807, 2.05) is 33.2 Å². The molecule has 1 aromatic rings. The fourth-order valence-corrected chi connectivity index (χ4v) is 1.96. The Morgan fingerprint density at radius 3 is 2.73 bits per heavy atom. The monoisotopic (exact) mass is 424 g/mol. The van der Waals surface area contributed by atoms with Gasteiger partial charge in [0.25, 0.3) is 0 Å². The first kappa shape index (κ1) is 21.2. The van der Waals surface area contributed by atoms with Crippen molar-refractivity contribution in [2.45, 2.75) is 19.4 Å². The number of furan rings is 1. The summed E-state index contributed by atoms with van der Waals surface area (Å²) in [5.74, 6) is 1.74. The number of nitrogens with one attached hydrogen (secondary N) is 2. The van der Waals surface area contributed by atoms with E-state index in [4.69, 9.17) is 9.15 Å². The van der Waals surface area contributed by atoms with Crippen molar-refractivity contribution in [2.24, 2.45) is 4.99 Å². The van der Waals surface area contributed by atoms with Gasteiger partial charge < -0.3 is 19.8 Å². The lowest BCUT2D eigenvalue weighted by Crippen LogP contribution is -2.42. The molecule has 0 saturated carbocycles. The minimum absolute atomic E-state index is 0. The molecule has 1 heterocycles. The maximum atomic E-state index is 5.49. The number of aliphatic imine (C=N–C) groups is 1. The second-order valence-electron chi connectivity index (χ2n) is 4.93. The van der Waals surface area contributed by atoms with E-state index in [1.165, 1.54) is 0 Å². The second kappa shape index (κ2) is 12.7. The Balaban J connectivity index is 0.00000441. The van der Waals surface area contributed by atoms with Crippen LogP contribution in [0, 0.1) is 0 Å². The number of halogens is 1. The topological polar surface area (TPSA) is 62.0 Å². The van der Waals surface area contributed by atoms with Crippen molar-refractivity contribution < 1.29 is 9.15 Å². The minimum atomic E-state index is 0. The van der Waals surface area contributed by atoms with Crippen LogP contribution in [0.2, 0.25) is 0 Å². The molecule has 1 unspecified atom stereocenters. The molecule has 0 saturated heterocycles. The molecule has 7 heteroatoms. The van der Waals surface area contributed by atoms with Crippen molar-refractivity contribution >= 4 is 29.9 Å². The first-order valence-corrected chi connectivity index (χ1v) is 7.41. The average molecular weight is 424 g/mol. The third-order valence-corrected chi connectivity index (χ3v) is 3.14. The molecule has 0 radical (unpaired) electrons. The largest absolute Gasteiger partial charge is 0.468 e. The van der Waals surface area contributed by atoms with E-state index in [0.717, 1.165) is 44.4 Å². The van der Waals surface area contributed by atoms with Gasteiger partial charge in [0.05, 0.1) is 12.3 Å². The van der Waals surface area contributed by atoms with Gasteiger partial charge in [-0.1, -0.05) is 0 Å². The van der Waals surface area contributed by atoms with Crippen LogP contribution in [0.15, 0.2) is 27.8 Å². The lowest BCUT2D eigenvalue weighted by atomic mass is 10.2. The van der Waals surface area contributed by atoms with Crippen molar-refractivity contribution in [3.05, 3.63) is 24.2 Å². The second-order valence-corrected chi connectivity index (χ2v) is 4.93. The predicted octanol–water partition coefficient (Wildman–Crippen LogP) is 2.09. The molecule has 6 nitrogen and oxygen atoms in total. The summed E-state index contributed by atoms with van der Waals surface area (Å²) in [5.41, 5.74) is 0. The summed E-state index contributed by atoms with van der Waals surface area (Å²) in [6.07, 6.45) is 2.66. The molecule has 0 aliphatic carbocycles. The van der Waals surface area contributed by atoms with Gasteiger partial charge in [-0.3, -0.25) is 9.89 Å². The van der Waals surface area contributed by atoms with Crippen molar-refractivity contribution in [2.75, 3.05) is 47.4 Å². The third-order valence-electron chi connectivity index (χ3n) is 3.14. The quantitative estimate of drug-likeness (QED) is 0.275. The molecular formula is C15H29IN4O2. The van der Waals surface area contributed by atoms with Crippen molar-refractivity contribution in [1.29, 1.82) is 0 Å². The van der Waals surface area contributed by atoms with Gasteiger partial charge in [0.2, 0.25) is 0 Å². The fraction of sp³-hybridized carbons (Fsp3) is 0.667. The maximum Gasteiger partial charge on any atom is 0.191 e. The maximum absolute atomic E-state index is 5.49. The van der Waals surface area contributed by atoms with Crippen LogP contribution in [0.5, 0.6) is 0 Å². The lowest BCUT2D eigenvalue weighted by Gasteiger charge is -2.23. The third kappa shape index (κ3) is 8.00. The summed E-state index contributed by atoms with van der Waals surface area (Å²) in [6, 6.07) is 4.07. The summed E-state index contributed by atoms with van der Waals surface area (Å²) >= 11 is 0. The Morgan fingerprint density at radius 2 is 2.18 bits per heavy atom. The molecule has 1 rings (SSSR count). The predicted molar refractivity (Wildman–Crippen MR) is 101 cm³/mol. The Labute approximate surface area is 150 Å². The molecule has 0 aliphatic rings. The summed E-state index contributed by atoms with van der Waals surface area (Å²) in [7, 11) is 5.84. The van der Waals surface area contributed by atoms with Crippen LogP contribution in [0.4, 0.5) is 0 Å². The van der Waals surface area contributed by atoms with Gasteiger partial charge in [-0.05, 0) is 39.6 Å². The number of ether oxygens (including phenoxy) is 1. The zero-order chi connectivity index (χ0) is 15.5. The highest BCUT2D eigenvalue weighted by Gasteiger charge is 2.17. The Morgan fingerprint density at radius 1 is 1.41 bits per heavy atom. The highest BCUT2D eigenvalue weighted by Crippen LogP contribution is 2.17. The number of hydrogen-bond donors (Lipinski definition) is 2. The molecule has 0 aromatic carbocycles. The van der Waals surface area contributed by atoms with Crippen LogP contribution in [-0.2, 0) is 4.74 Å². The Bertz CT molecular complexity index is 396. The van der Waals surface area contributed by atoms with Crippen LogP contribution < -0.4 is 10.6 Å².